The summed E-state index contributed by atoms with van der Waals surface area (Å²) in [5.74, 6) is 0.799. The second-order valence-corrected chi connectivity index (χ2v) is 6.35. The maximum absolute atomic E-state index is 12.5. The molecule has 2 aromatic heterocycles. The van der Waals surface area contributed by atoms with E-state index < -0.39 is 0 Å². The SMILES string of the molecule is Cc1nsc(N2CCN(C(=O)Nc3c(C)ccnc3C)CC2)n1. The molecular formula is C15H20N6OS. The third-order valence-electron chi connectivity index (χ3n) is 3.94. The van der Waals surface area contributed by atoms with Crippen molar-refractivity contribution in [2.75, 3.05) is 36.4 Å². The Morgan fingerprint density at radius 3 is 2.57 bits per heavy atom. The second-order valence-electron chi connectivity index (χ2n) is 5.62. The van der Waals surface area contributed by atoms with Gasteiger partial charge in [0.05, 0.1) is 11.4 Å². The smallest absolute Gasteiger partial charge is 0.322 e. The molecule has 1 aliphatic rings. The number of nitrogens with zero attached hydrogens (tertiary/aromatic N) is 5. The molecule has 8 heteroatoms. The van der Waals surface area contributed by atoms with Crippen molar-refractivity contribution >= 4 is 28.4 Å². The summed E-state index contributed by atoms with van der Waals surface area (Å²) >= 11 is 1.41. The maximum atomic E-state index is 12.5. The Kier molecular flexibility index (Phi) is 4.42. The molecule has 2 amide bonds. The van der Waals surface area contributed by atoms with E-state index in [4.69, 9.17) is 0 Å². The Labute approximate surface area is 139 Å². The standard InChI is InChI=1S/C15H20N6OS/c1-10-4-5-16-11(2)13(10)18-14(22)20-6-8-21(9-7-20)15-17-12(3)19-23-15/h4-5H,6-9H2,1-3H3,(H,18,22). The van der Waals surface area contributed by atoms with Crippen LogP contribution >= 0.6 is 11.5 Å². The Morgan fingerprint density at radius 1 is 1.22 bits per heavy atom. The van der Waals surface area contributed by atoms with Gasteiger partial charge in [-0.3, -0.25) is 4.98 Å². The summed E-state index contributed by atoms with van der Waals surface area (Å²) in [7, 11) is 0. The fraction of sp³-hybridized carbons (Fsp3) is 0.467. The van der Waals surface area contributed by atoms with Crippen LogP contribution < -0.4 is 10.2 Å². The zero-order chi connectivity index (χ0) is 16.4. The Hall–Kier alpha value is -2.22. The van der Waals surface area contributed by atoms with Gasteiger partial charge in [0.2, 0.25) is 5.13 Å². The minimum Gasteiger partial charge on any atom is -0.343 e. The Morgan fingerprint density at radius 2 is 1.96 bits per heavy atom. The minimum atomic E-state index is -0.0719. The number of hydrogen-bond acceptors (Lipinski definition) is 6. The molecule has 7 nitrogen and oxygen atoms in total. The summed E-state index contributed by atoms with van der Waals surface area (Å²) in [5, 5.41) is 3.92. The predicted octanol–water partition coefficient (Wildman–Crippen LogP) is 2.21. The summed E-state index contributed by atoms with van der Waals surface area (Å²) in [5.41, 5.74) is 2.66. The van der Waals surface area contributed by atoms with Crippen LogP contribution in [0.1, 0.15) is 17.1 Å². The number of anilines is 2. The fourth-order valence-electron chi connectivity index (χ4n) is 2.58. The highest BCUT2D eigenvalue weighted by Crippen LogP contribution is 2.20. The molecule has 0 saturated carbocycles. The summed E-state index contributed by atoms with van der Waals surface area (Å²) < 4.78 is 4.21. The van der Waals surface area contributed by atoms with Crippen LogP contribution in [0.3, 0.4) is 0 Å². The molecule has 3 rings (SSSR count). The van der Waals surface area contributed by atoms with Crippen molar-refractivity contribution in [3.8, 4) is 0 Å². The predicted molar refractivity (Wildman–Crippen MR) is 91.2 cm³/mol. The molecule has 1 fully saturated rings. The molecule has 0 aliphatic carbocycles. The summed E-state index contributed by atoms with van der Waals surface area (Å²) in [6.07, 6.45) is 1.75. The van der Waals surface area contributed by atoms with Crippen molar-refractivity contribution in [1.82, 2.24) is 19.2 Å². The van der Waals surface area contributed by atoms with E-state index in [0.717, 1.165) is 41.0 Å². The van der Waals surface area contributed by atoms with Gasteiger partial charge in [0.25, 0.3) is 0 Å². The quantitative estimate of drug-likeness (QED) is 0.913. The van der Waals surface area contributed by atoms with E-state index >= 15 is 0 Å². The molecule has 2 aromatic rings. The first-order valence-electron chi connectivity index (χ1n) is 7.58. The average molecular weight is 332 g/mol. The van der Waals surface area contributed by atoms with Gasteiger partial charge in [0, 0.05) is 43.9 Å². The van der Waals surface area contributed by atoms with Crippen molar-refractivity contribution in [3.05, 3.63) is 29.3 Å². The number of aromatic nitrogens is 3. The second kappa shape index (κ2) is 6.49. The average Bonchev–Trinajstić information content (AvgIpc) is 2.97. The molecule has 0 unspecified atom stereocenters. The molecule has 23 heavy (non-hydrogen) atoms. The van der Waals surface area contributed by atoms with Crippen LogP contribution in [0.2, 0.25) is 0 Å². The van der Waals surface area contributed by atoms with Crippen LogP contribution in [-0.4, -0.2) is 51.5 Å². The zero-order valence-electron chi connectivity index (χ0n) is 13.5. The van der Waals surface area contributed by atoms with Crippen molar-refractivity contribution < 1.29 is 4.79 Å². The molecule has 0 radical (unpaired) electrons. The van der Waals surface area contributed by atoms with Crippen LogP contribution in [-0.2, 0) is 0 Å². The number of carbonyl (C=O) groups is 1. The number of aryl methyl sites for hydroxylation is 3. The van der Waals surface area contributed by atoms with Gasteiger partial charge in [-0.25, -0.2) is 9.78 Å². The first kappa shape index (κ1) is 15.7. The minimum absolute atomic E-state index is 0.0719. The van der Waals surface area contributed by atoms with E-state index in [0.29, 0.717) is 13.1 Å². The van der Waals surface area contributed by atoms with E-state index in [9.17, 15) is 4.79 Å². The lowest BCUT2D eigenvalue weighted by atomic mass is 10.2. The maximum Gasteiger partial charge on any atom is 0.322 e. The highest BCUT2D eigenvalue weighted by Gasteiger charge is 2.23. The third kappa shape index (κ3) is 3.42. The van der Waals surface area contributed by atoms with Gasteiger partial charge in [-0.2, -0.15) is 4.37 Å². The van der Waals surface area contributed by atoms with E-state index in [2.05, 4.69) is 24.6 Å². The molecule has 122 valence electrons. The molecule has 0 atom stereocenters. The molecular weight excluding hydrogens is 312 g/mol. The summed E-state index contributed by atoms with van der Waals surface area (Å²) in [6.45, 7) is 8.65. The van der Waals surface area contributed by atoms with Gasteiger partial charge in [0.15, 0.2) is 0 Å². The number of urea groups is 1. The van der Waals surface area contributed by atoms with Crippen molar-refractivity contribution in [2.45, 2.75) is 20.8 Å². The molecule has 1 N–H and O–H groups in total. The number of pyridine rings is 1. The lowest BCUT2D eigenvalue weighted by Crippen LogP contribution is -2.50. The van der Waals surface area contributed by atoms with Crippen molar-refractivity contribution in [2.24, 2.45) is 0 Å². The molecule has 1 aliphatic heterocycles. The number of carbonyl (C=O) groups excluding carboxylic acids is 1. The summed E-state index contributed by atoms with van der Waals surface area (Å²) in [4.78, 5) is 25.1. The van der Waals surface area contributed by atoms with E-state index in [1.54, 1.807) is 6.20 Å². The largest absolute Gasteiger partial charge is 0.343 e. The van der Waals surface area contributed by atoms with Crippen LogP contribution in [0.5, 0.6) is 0 Å². The topological polar surface area (TPSA) is 74.2 Å². The highest BCUT2D eigenvalue weighted by atomic mass is 32.1. The van der Waals surface area contributed by atoms with Gasteiger partial charge in [-0.1, -0.05) is 0 Å². The van der Waals surface area contributed by atoms with Gasteiger partial charge >= 0.3 is 6.03 Å². The number of rotatable bonds is 2. The molecule has 0 bridgehead atoms. The number of nitrogens with one attached hydrogen (secondary N) is 1. The first-order valence-corrected chi connectivity index (χ1v) is 8.35. The zero-order valence-corrected chi connectivity index (χ0v) is 14.4. The molecule has 0 spiro atoms. The normalized spacial score (nSPS) is 14.9. The molecule has 3 heterocycles. The molecule has 0 aromatic carbocycles. The monoisotopic (exact) mass is 332 g/mol. The highest BCUT2D eigenvalue weighted by molar-refractivity contribution is 7.09. The first-order chi connectivity index (χ1) is 11.0. The van der Waals surface area contributed by atoms with E-state index in [1.165, 1.54) is 11.5 Å². The number of amides is 2. The lowest BCUT2D eigenvalue weighted by molar-refractivity contribution is 0.208. The van der Waals surface area contributed by atoms with Gasteiger partial charge < -0.3 is 15.1 Å². The number of piperazine rings is 1. The third-order valence-corrected chi connectivity index (χ3v) is 4.80. The van der Waals surface area contributed by atoms with Gasteiger partial charge in [-0.15, -0.1) is 0 Å². The van der Waals surface area contributed by atoms with E-state index in [-0.39, 0.29) is 6.03 Å². The lowest BCUT2D eigenvalue weighted by Gasteiger charge is -2.34. The molecule has 1 saturated heterocycles. The number of hydrogen-bond donors (Lipinski definition) is 1. The van der Waals surface area contributed by atoms with Crippen molar-refractivity contribution in [3.63, 3.8) is 0 Å². The van der Waals surface area contributed by atoms with Crippen LogP contribution in [0.4, 0.5) is 15.6 Å². The fourth-order valence-corrected chi connectivity index (χ4v) is 3.31. The Balaban J connectivity index is 1.60. The van der Waals surface area contributed by atoms with Crippen molar-refractivity contribution in [1.29, 1.82) is 0 Å². The van der Waals surface area contributed by atoms with Crippen LogP contribution in [0.15, 0.2) is 12.3 Å². The van der Waals surface area contributed by atoms with Gasteiger partial charge in [0.1, 0.15) is 5.82 Å². The summed E-state index contributed by atoms with van der Waals surface area (Å²) in [6, 6.07) is 1.83. The Bertz CT molecular complexity index is 687. The van der Waals surface area contributed by atoms with Crippen LogP contribution in [0.25, 0.3) is 0 Å². The van der Waals surface area contributed by atoms with E-state index in [1.807, 2.05) is 31.7 Å². The van der Waals surface area contributed by atoms with Gasteiger partial charge in [-0.05, 0) is 32.4 Å². The van der Waals surface area contributed by atoms with Crippen LogP contribution in [0, 0.1) is 20.8 Å².